The molecule has 1 spiro atoms. The molecule has 5 heteroatoms. The summed E-state index contributed by atoms with van der Waals surface area (Å²) in [6, 6.07) is 15.2. The minimum Gasteiger partial charge on any atom is -0.441 e. The quantitative estimate of drug-likeness (QED) is 0.445. The molecule has 1 saturated carbocycles. The highest BCUT2D eigenvalue weighted by molar-refractivity contribution is 5.90. The van der Waals surface area contributed by atoms with E-state index in [4.69, 9.17) is 4.74 Å². The Kier molecular flexibility index (Phi) is 5.21. The van der Waals surface area contributed by atoms with Crippen LogP contribution < -0.4 is 4.90 Å². The molecular weight excluding hydrogens is 422 g/mol. The van der Waals surface area contributed by atoms with E-state index in [2.05, 4.69) is 48.6 Å². The molecule has 3 fully saturated rings. The molecule has 6 rings (SSSR count). The molecule has 2 saturated heterocycles. The fourth-order valence-corrected chi connectivity index (χ4v) is 5.93. The fraction of sp³-hybridized carbons (Fsp3) is 0.483. The Morgan fingerprint density at radius 3 is 2.50 bits per heavy atom. The second kappa shape index (κ2) is 8.16. The van der Waals surface area contributed by atoms with Gasteiger partial charge in [-0.15, -0.1) is 0 Å². The molecule has 178 valence electrons. The largest absolute Gasteiger partial charge is 0.441 e. The van der Waals surface area contributed by atoms with Crippen LogP contribution in [-0.2, 0) is 11.3 Å². The third-order valence-corrected chi connectivity index (χ3v) is 8.03. The van der Waals surface area contributed by atoms with Gasteiger partial charge in [-0.25, -0.2) is 4.79 Å². The van der Waals surface area contributed by atoms with Crippen LogP contribution in [-0.4, -0.2) is 40.8 Å². The van der Waals surface area contributed by atoms with Gasteiger partial charge in [0.2, 0.25) is 0 Å². The van der Waals surface area contributed by atoms with E-state index in [1.54, 1.807) is 4.90 Å². The van der Waals surface area contributed by atoms with Gasteiger partial charge in [-0.2, -0.15) is 0 Å². The van der Waals surface area contributed by atoms with E-state index in [1.165, 1.54) is 40.4 Å². The SMILES string of the molecule is Cc1cc(C2CC2)cc2c(CN3CCC4(CC3)CN(c3ccccc3)C(=O)O4)cn(C(C)C)c12. The zero-order valence-electron chi connectivity index (χ0n) is 20.6. The van der Waals surface area contributed by atoms with Crippen molar-refractivity contribution in [3.8, 4) is 0 Å². The third kappa shape index (κ3) is 3.80. The van der Waals surface area contributed by atoms with E-state index in [9.17, 15) is 4.79 Å². The van der Waals surface area contributed by atoms with Gasteiger partial charge in [-0.3, -0.25) is 9.80 Å². The predicted molar refractivity (Wildman–Crippen MR) is 137 cm³/mol. The van der Waals surface area contributed by atoms with E-state index in [0.29, 0.717) is 12.6 Å². The monoisotopic (exact) mass is 457 g/mol. The smallest absolute Gasteiger partial charge is 0.415 e. The maximum absolute atomic E-state index is 12.6. The number of nitrogens with zero attached hydrogens (tertiary/aromatic N) is 3. The van der Waals surface area contributed by atoms with Crippen molar-refractivity contribution < 1.29 is 9.53 Å². The zero-order valence-corrected chi connectivity index (χ0v) is 20.6. The zero-order chi connectivity index (χ0) is 23.4. The van der Waals surface area contributed by atoms with Gasteiger partial charge in [0, 0.05) is 55.8 Å². The molecule has 2 aromatic carbocycles. The van der Waals surface area contributed by atoms with Crippen LogP contribution in [0.1, 0.15) is 68.2 Å². The molecule has 0 radical (unpaired) electrons. The average molecular weight is 458 g/mol. The molecule has 3 aliphatic rings. The van der Waals surface area contributed by atoms with Crippen LogP contribution in [0.25, 0.3) is 10.9 Å². The molecule has 0 N–H and O–H groups in total. The van der Waals surface area contributed by atoms with Crippen molar-refractivity contribution in [1.29, 1.82) is 0 Å². The summed E-state index contributed by atoms with van der Waals surface area (Å²) in [5, 5.41) is 1.43. The molecule has 2 aliphatic heterocycles. The van der Waals surface area contributed by atoms with E-state index in [1.807, 2.05) is 30.3 Å². The molecule has 3 heterocycles. The van der Waals surface area contributed by atoms with Crippen LogP contribution in [0.3, 0.4) is 0 Å². The number of aromatic nitrogens is 1. The lowest BCUT2D eigenvalue weighted by Crippen LogP contribution is -2.46. The summed E-state index contributed by atoms with van der Waals surface area (Å²) in [6.07, 6.45) is 6.61. The van der Waals surface area contributed by atoms with Crippen molar-refractivity contribution in [3.63, 3.8) is 0 Å². The summed E-state index contributed by atoms with van der Waals surface area (Å²) in [5.41, 5.74) is 6.31. The number of hydrogen-bond acceptors (Lipinski definition) is 3. The number of piperidine rings is 1. The van der Waals surface area contributed by atoms with Gasteiger partial charge < -0.3 is 9.30 Å². The van der Waals surface area contributed by atoms with Crippen LogP contribution >= 0.6 is 0 Å². The second-order valence-corrected chi connectivity index (χ2v) is 10.9. The third-order valence-electron chi connectivity index (χ3n) is 8.03. The molecule has 34 heavy (non-hydrogen) atoms. The lowest BCUT2D eigenvalue weighted by atomic mass is 9.91. The summed E-state index contributed by atoms with van der Waals surface area (Å²) < 4.78 is 8.44. The van der Waals surface area contributed by atoms with Crippen molar-refractivity contribution in [2.24, 2.45) is 0 Å². The van der Waals surface area contributed by atoms with Gasteiger partial charge in [0.05, 0.1) is 12.1 Å². The Labute approximate surface area is 202 Å². The Morgan fingerprint density at radius 2 is 1.82 bits per heavy atom. The predicted octanol–water partition coefficient (Wildman–Crippen LogP) is 6.40. The maximum atomic E-state index is 12.6. The molecule has 0 unspecified atom stereocenters. The Balaban J connectivity index is 1.20. The van der Waals surface area contributed by atoms with Crippen LogP contribution in [0.2, 0.25) is 0 Å². The van der Waals surface area contributed by atoms with Gasteiger partial charge >= 0.3 is 6.09 Å². The van der Waals surface area contributed by atoms with Crippen LogP contribution in [0.5, 0.6) is 0 Å². The van der Waals surface area contributed by atoms with Gasteiger partial charge in [0.1, 0.15) is 5.60 Å². The number of anilines is 1. The molecule has 1 amide bonds. The average Bonchev–Trinajstić information content (AvgIpc) is 3.54. The number of rotatable bonds is 5. The van der Waals surface area contributed by atoms with E-state index in [0.717, 1.165) is 44.1 Å². The van der Waals surface area contributed by atoms with Gasteiger partial charge in [0.25, 0.3) is 0 Å². The highest BCUT2D eigenvalue weighted by Gasteiger charge is 2.47. The van der Waals surface area contributed by atoms with E-state index in [-0.39, 0.29) is 11.7 Å². The standard InChI is InChI=1S/C29H35N3O2/c1-20(2)31-18-24(26-16-23(22-9-10-22)15-21(3)27(26)31)17-30-13-11-29(12-14-30)19-32(28(33)34-29)25-7-5-4-6-8-25/h4-8,15-16,18,20,22H,9-14,17,19H2,1-3H3. The minimum absolute atomic E-state index is 0.206. The molecule has 0 atom stereocenters. The molecule has 1 aliphatic carbocycles. The summed E-state index contributed by atoms with van der Waals surface area (Å²) in [5.74, 6) is 0.762. The summed E-state index contributed by atoms with van der Waals surface area (Å²) in [6.45, 7) is 10.3. The van der Waals surface area contributed by atoms with Crippen molar-refractivity contribution >= 4 is 22.7 Å². The summed E-state index contributed by atoms with van der Waals surface area (Å²) >= 11 is 0. The molecule has 3 aromatic rings. The minimum atomic E-state index is -0.356. The fourth-order valence-electron chi connectivity index (χ4n) is 5.93. The number of fused-ring (bicyclic) bond motifs is 1. The number of amides is 1. The number of ether oxygens (including phenoxy) is 1. The van der Waals surface area contributed by atoms with Crippen molar-refractivity contribution in [2.75, 3.05) is 24.5 Å². The lowest BCUT2D eigenvalue weighted by Gasteiger charge is -2.37. The molecule has 1 aromatic heterocycles. The first-order valence-corrected chi connectivity index (χ1v) is 12.8. The number of likely N-dealkylation sites (tertiary alicyclic amines) is 1. The first-order valence-electron chi connectivity index (χ1n) is 12.8. The van der Waals surface area contributed by atoms with E-state index < -0.39 is 0 Å². The van der Waals surface area contributed by atoms with E-state index >= 15 is 0 Å². The van der Waals surface area contributed by atoms with Crippen molar-refractivity contribution in [2.45, 2.75) is 70.6 Å². The Morgan fingerprint density at radius 1 is 1.09 bits per heavy atom. The number of carbonyl (C=O) groups excluding carboxylic acids is 1. The molecular formula is C29H35N3O2. The van der Waals surface area contributed by atoms with Crippen LogP contribution in [0, 0.1) is 6.92 Å². The maximum Gasteiger partial charge on any atom is 0.415 e. The number of para-hydroxylation sites is 1. The number of aryl methyl sites for hydroxylation is 1. The Bertz CT molecular complexity index is 1220. The molecule has 5 nitrogen and oxygen atoms in total. The number of benzene rings is 2. The number of hydrogen-bond donors (Lipinski definition) is 0. The highest BCUT2D eigenvalue weighted by atomic mass is 16.6. The van der Waals surface area contributed by atoms with Gasteiger partial charge in [0.15, 0.2) is 0 Å². The normalized spacial score (nSPS) is 20.6. The Hall–Kier alpha value is -2.79. The first-order chi connectivity index (χ1) is 16.4. The van der Waals surface area contributed by atoms with Gasteiger partial charge in [-0.1, -0.05) is 24.3 Å². The topological polar surface area (TPSA) is 37.7 Å². The van der Waals surface area contributed by atoms with Gasteiger partial charge in [-0.05, 0) is 74.4 Å². The number of carbonyl (C=O) groups is 1. The first kappa shape index (κ1) is 21.7. The highest BCUT2D eigenvalue weighted by Crippen LogP contribution is 2.43. The second-order valence-electron chi connectivity index (χ2n) is 10.9. The van der Waals surface area contributed by atoms with Crippen molar-refractivity contribution in [3.05, 3.63) is 65.4 Å². The van der Waals surface area contributed by atoms with Crippen LogP contribution in [0.15, 0.2) is 48.7 Å². The van der Waals surface area contributed by atoms with Crippen molar-refractivity contribution in [1.82, 2.24) is 9.47 Å². The van der Waals surface area contributed by atoms with Crippen LogP contribution in [0.4, 0.5) is 10.5 Å². The summed E-state index contributed by atoms with van der Waals surface area (Å²) in [7, 11) is 0. The summed E-state index contributed by atoms with van der Waals surface area (Å²) in [4.78, 5) is 17.0. The molecule has 0 bridgehead atoms. The lowest BCUT2D eigenvalue weighted by molar-refractivity contribution is -0.000890.